The second-order valence-corrected chi connectivity index (χ2v) is 8.98. The molecule has 1 N–H and O–H groups in total. The van der Waals surface area contributed by atoms with Gasteiger partial charge in [0.25, 0.3) is 0 Å². The summed E-state index contributed by atoms with van der Waals surface area (Å²) >= 11 is 0. The van der Waals surface area contributed by atoms with Gasteiger partial charge in [-0.1, -0.05) is 66.7 Å². The summed E-state index contributed by atoms with van der Waals surface area (Å²) < 4.78 is 0. The van der Waals surface area contributed by atoms with Crippen LogP contribution in [0.3, 0.4) is 0 Å². The minimum absolute atomic E-state index is 0.00943. The summed E-state index contributed by atoms with van der Waals surface area (Å²) in [6.07, 6.45) is 0.370. The summed E-state index contributed by atoms with van der Waals surface area (Å²) in [6.45, 7) is 7.29. The van der Waals surface area contributed by atoms with Crippen molar-refractivity contribution in [1.29, 1.82) is 0 Å². The second-order valence-electron chi connectivity index (χ2n) is 8.98. The zero-order chi connectivity index (χ0) is 21.3. The molecular weight excluding hydrogens is 370 g/mol. The van der Waals surface area contributed by atoms with Crippen molar-refractivity contribution < 1.29 is 5.11 Å². The number of anilines is 1. The van der Waals surface area contributed by atoms with Crippen molar-refractivity contribution in [2.24, 2.45) is 5.10 Å². The second kappa shape index (κ2) is 8.21. The number of aliphatic hydroxyl groups is 1. The predicted octanol–water partition coefficient (Wildman–Crippen LogP) is 5.24. The highest BCUT2D eigenvalue weighted by atomic mass is 16.3. The largest absolute Gasteiger partial charge is 0.387 e. The molecule has 0 fully saturated rings. The van der Waals surface area contributed by atoms with Gasteiger partial charge in [0.1, 0.15) is 0 Å². The molecule has 0 radical (unpaired) electrons. The van der Waals surface area contributed by atoms with Gasteiger partial charge in [0.05, 0.1) is 23.0 Å². The molecule has 0 unspecified atom stereocenters. The van der Waals surface area contributed by atoms with Gasteiger partial charge in [-0.15, -0.1) is 0 Å². The Labute approximate surface area is 179 Å². The maximum absolute atomic E-state index is 10.8. The van der Waals surface area contributed by atoms with E-state index in [0.717, 1.165) is 29.9 Å². The number of hydrogen-bond donors (Lipinski definition) is 1. The smallest absolute Gasteiger partial charge is 0.0942 e. The highest BCUT2D eigenvalue weighted by molar-refractivity contribution is 5.98. The lowest BCUT2D eigenvalue weighted by Crippen LogP contribution is -2.39. The summed E-state index contributed by atoms with van der Waals surface area (Å²) in [5.41, 5.74) is 3.14. The van der Waals surface area contributed by atoms with E-state index in [2.05, 4.69) is 80.2 Å². The Morgan fingerprint density at radius 3 is 2.43 bits per heavy atom. The molecule has 1 aliphatic heterocycles. The van der Waals surface area contributed by atoms with Crippen LogP contribution in [0.5, 0.6) is 0 Å². The number of hydrazone groups is 1. The van der Waals surface area contributed by atoms with Crippen LogP contribution in [0.25, 0.3) is 10.8 Å². The summed E-state index contributed by atoms with van der Waals surface area (Å²) in [6, 6.07) is 24.7. The lowest BCUT2D eigenvalue weighted by Gasteiger charge is -2.31. The van der Waals surface area contributed by atoms with Crippen molar-refractivity contribution in [3.63, 3.8) is 0 Å². The zero-order valence-electron chi connectivity index (χ0n) is 18.3. The molecule has 0 aliphatic carbocycles. The maximum Gasteiger partial charge on any atom is 0.0942 e. The molecule has 3 aromatic rings. The van der Waals surface area contributed by atoms with Gasteiger partial charge in [-0.05, 0) is 44.8 Å². The van der Waals surface area contributed by atoms with Gasteiger partial charge in [0.2, 0.25) is 0 Å². The van der Waals surface area contributed by atoms with Crippen LogP contribution in [0, 0.1) is 0 Å². The Hall–Kier alpha value is -2.69. The third-order valence-electron chi connectivity index (χ3n) is 6.17. The quantitative estimate of drug-likeness (QED) is 0.614. The van der Waals surface area contributed by atoms with E-state index in [1.54, 1.807) is 0 Å². The molecule has 156 valence electrons. The van der Waals surface area contributed by atoms with Gasteiger partial charge in [0, 0.05) is 24.4 Å². The first-order valence-electron chi connectivity index (χ1n) is 10.6. The van der Waals surface area contributed by atoms with Crippen molar-refractivity contribution in [3.8, 4) is 0 Å². The van der Waals surface area contributed by atoms with Gasteiger partial charge in [-0.3, -0.25) is 9.91 Å². The first-order chi connectivity index (χ1) is 14.4. The van der Waals surface area contributed by atoms with Gasteiger partial charge < -0.3 is 5.11 Å². The van der Waals surface area contributed by atoms with Crippen LogP contribution in [0.15, 0.2) is 77.9 Å². The average Bonchev–Trinajstić information content (AvgIpc) is 3.06. The molecule has 0 spiro atoms. The molecule has 3 aromatic carbocycles. The van der Waals surface area contributed by atoms with Crippen molar-refractivity contribution in [2.75, 3.05) is 18.6 Å². The van der Waals surface area contributed by atoms with Crippen LogP contribution in [0.1, 0.15) is 38.9 Å². The van der Waals surface area contributed by atoms with Crippen LogP contribution >= 0.6 is 0 Å². The minimum atomic E-state index is -0.527. The Bertz CT molecular complexity index is 1040. The molecule has 30 heavy (non-hydrogen) atoms. The summed E-state index contributed by atoms with van der Waals surface area (Å²) in [5.74, 6) is 0. The van der Waals surface area contributed by atoms with Crippen LogP contribution < -0.4 is 5.01 Å². The Morgan fingerprint density at radius 2 is 1.67 bits per heavy atom. The van der Waals surface area contributed by atoms with Crippen molar-refractivity contribution in [3.05, 3.63) is 78.4 Å². The van der Waals surface area contributed by atoms with Crippen LogP contribution in [-0.4, -0.2) is 40.9 Å². The lowest BCUT2D eigenvalue weighted by atomic mass is 9.96. The number of nitrogens with zero attached hydrogens (tertiary/aromatic N) is 3. The monoisotopic (exact) mass is 401 g/mol. The number of likely N-dealkylation sites (N-methyl/N-ethyl adjacent to an activating group) is 1. The Kier molecular flexibility index (Phi) is 5.63. The summed E-state index contributed by atoms with van der Waals surface area (Å²) in [7, 11) is 2.06. The number of fused-ring (bicyclic) bond motifs is 1. The van der Waals surface area contributed by atoms with E-state index in [0.29, 0.717) is 0 Å². The summed E-state index contributed by atoms with van der Waals surface area (Å²) in [5, 5.41) is 20.5. The van der Waals surface area contributed by atoms with Gasteiger partial charge in [-0.25, -0.2) is 0 Å². The fraction of sp³-hybridized carbons (Fsp3) is 0.346. The highest BCUT2D eigenvalue weighted by Gasteiger charge is 2.36. The van der Waals surface area contributed by atoms with E-state index >= 15 is 0 Å². The topological polar surface area (TPSA) is 39.1 Å². The van der Waals surface area contributed by atoms with Gasteiger partial charge >= 0.3 is 0 Å². The first kappa shape index (κ1) is 20.6. The van der Waals surface area contributed by atoms with Crippen molar-refractivity contribution in [2.45, 2.75) is 44.9 Å². The van der Waals surface area contributed by atoms with E-state index in [1.807, 2.05) is 30.3 Å². The first-order valence-corrected chi connectivity index (χ1v) is 10.6. The molecule has 0 saturated carbocycles. The van der Waals surface area contributed by atoms with E-state index in [4.69, 9.17) is 5.10 Å². The standard InChI is InChI=1S/C26H31N3O/c1-19(25(30)21-12-6-5-7-13-21)28(4)18-22-17-26(2,3)29(27-22)24-16-10-14-20-11-8-9-15-23(20)24/h5-16,19,25,30H,17-18H2,1-4H3/t19-,25+/m0/s1. The van der Waals surface area contributed by atoms with Crippen molar-refractivity contribution >= 4 is 22.2 Å². The highest BCUT2D eigenvalue weighted by Crippen LogP contribution is 2.37. The van der Waals surface area contributed by atoms with Gasteiger partial charge in [-0.2, -0.15) is 5.10 Å². The Morgan fingerprint density at radius 1 is 1.00 bits per heavy atom. The van der Waals surface area contributed by atoms with Crippen LogP contribution in [0.2, 0.25) is 0 Å². The third-order valence-corrected chi connectivity index (χ3v) is 6.17. The normalized spacial score (nSPS) is 17.9. The van der Waals surface area contributed by atoms with E-state index in [9.17, 15) is 5.11 Å². The fourth-order valence-electron chi connectivity index (χ4n) is 4.35. The molecule has 4 heteroatoms. The lowest BCUT2D eigenvalue weighted by molar-refractivity contribution is 0.0804. The molecule has 4 nitrogen and oxygen atoms in total. The van der Waals surface area contributed by atoms with E-state index in [1.165, 1.54) is 10.8 Å². The third kappa shape index (κ3) is 3.98. The predicted molar refractivity (Wildman–Crippen MR) is 126 cm³/mol. The number of hydrogen-bond acceptors (Lipinski definition) is 4. The van der Waals surface area contributed by atoms with Gasteiger partial charge in [0.15, 0.2) is 0 Å². The average molecular weight is 402 g/mol. The number of benzene rings is 3. The number of rotatable bonds is 6. The molecular formula is C26H31N3O. The molecule has 0 aromatic heterocycles. The molecule has 0 saturated heterocycles. The van der Waals surface area contributed by atoms with E-state index < -0.39 is 6.10 Å². The zero-order valence-corrected chi connectivity index (χ0v) is 18.3. The van der Waals surface area contributed by atoms with Crippen molar-refractivity contribution in [1.82, 2.24) is 4.90 Å². The molecule has 0 bridgehead atoms. The summed E-state index contributed by atoms with van der Waals surface area (Å²) in [4.78, 5) is 2.19. The number of aliphatic hydroxyl groups excluding tert-OH is 1. The van der Waals surface area contributed by atoms with Crippen LogP contribution in [0.4, 0.5) is 5.69 Å². The van der Waals surface area contributed by atoms with Crippen LogP contribution in [-0.2, 0) is 0 Å². The maximum atomic E-state index is 10.8. The van der Waals surface area contributed by atoms with E-state index in [-0.39, 0.29) is 11.6 Å². The molecule has 2 atom stereocenters. The molecule has 4 rings (SSSR count). The SMILES string of the molecule is C[C@@H]([C@@H](O)c1ccccc1)N(C)CC1=NN(c2cccc3ccccc23)C(C)(C)C1. The Balaban J connectivity index is 1.55. The minimum Gasteiger partial charge on any atom is -0.387 e. The molecule has 0 amide bonds. The fourth-order valence-corrected chi connectivity index (χ4v) is 4.35. The molecule has 1 aliphatic rings. The molecule has 1 heterocycles.